The number of carbonyl (C=O) groups is 1. The molecule has 9 heavy (non-hydrogen) atoms. The summed E-state index contributed by atoms with van der Waals surface area (Å²) in [7, 11) is -3.02. The highest BCUT2D eigenvalue weighted by atomic mass is 35.5. The summed E-state index contributed by atoms with van der Waals surface area (Å²) in [4.78, 5) is 9.99. The smallest absolute Gasteiger partial charge is 0.222 e. The highest BCUT2D eigenvalue weighted by Crippen LogP contribution is 1.92. The van der Waals surface area contributed by atoms with E-state index in [0.29, 0.717) is 0 Å². The highest BCUT2D eigenvalue weighted by Gasteiger charge is 2.04. The third kappa shape index (κ3) is 7.91. The number of rotatable bonds is 3. The summed E-state index contributed by atoms with van der Waals surface area (Å²) in [5.74, 6) is -0.157. The van der Waals surface area contributed by atoms with Crippen LogP contribution in [0, 0.1) is 0 Å². The van der Waals surface area contributed by atoms with Gasteiger partial charge in [-0.2, -0.15) is 0 Å². The molecule has 0 aliphatic carbocycles. The van der Waals surface area contributed by atoms with Crippen molar-refractivity contribution in [1.82, 2.24) is 0 Å². The second-order valence-corrected chi connectivity index (χ2v) is 4.42. The lowest BCUT2D eigenvalue weighted by atomic mass is 10.6. The molecule has 0 aliphatic heterocycles. The van der Waals surface area contributed by atoms with Crippen LogP contribution >= 0.6 is 11.6 Å². The van der Waals surface area contributed by atoms with Crippen LogP contribution in [0.3, 0.4) is 0 Å². The van der Waals surface area contributed by atoms with E-state index < -0.39 is 15.1 Å². The van der Waals surface area contributed by atoms with Crippen LogP contribution in [0.2, 0.25) is 0 Å². The van der Waals surface area contributed by atoms with Crippen molar-refractivity contribution < 1.29 is 13.2 Å². The summed E-state index contributed by atoms with van der Waals surface area (Å²) in [6, 6.07) is 0. The van der Waals surface area contributed by atoms with Crippen LogP contribution in [0.25, 0.3) is 0 Å². The zero-order chi connectivity index (χ0) is 7.49. The molecular weight excluding hydrogens is 164 g/mol. The van der Waals surface area contributed by atoms with Crippen LogP contribution in [-0.4, -0.2) is 25.7 Å². The highest BCUT2D eigenvalue weighted by molar-refractivity contribution is 7.90. The van der Waals surface area contributed by atoms with Gasteiger partial charge in [0.1, 0.15) is 9.84 Å². The minimum atomic E-state index is -3.02. The molecule has 0 amide bonds. The number of hydrogen-bond donors (Lipinski definition) is 0. The summed E-state index contributed by atoms with van der Waals surface area (Å²) in [6.07, 6.45) is 0.965. The first-order valence-corrected chi connectivity index (χ1v) is 4.72. The van der Waals surface area contributed by atoms with E-state index in [9.17, 15) is 13.2 Å². The van der Waals surface area contributed by atoms with E-state index in [1.807, 2.05) is 0 Å². The van der Waals surface area contributed by atoms with Gasteiger partial charge < -0.3 is 0 Å². The van der Waals surface area contributed by atoms with Crippen molar-refractivity contribution in [2.75, 3.05) is 12.0 Å². The number of hydrogen-bond acceptors (Lipinski definition) is 3. The first-order valence-electron chi connectivity index (χ1n) is 2.28. The molecule has 0 bridgehead atoms. The van der Waals surface area contributed by atoms with Crippen molar-refractivity contribution in [2.24, 2.45) is 0 Å². The van der Waals surface area contributed by atoms with Gasteiger partial charge in [-0.3, -0.25) is 4.79 Å². The van der Waals surface area contributed by atoms with Gasteiger partial charge in [-0.05, 0) is 11.6 Å². The molecule has 0 aliphatic rings. The van der Waals surface area contributed by atoms with E-state index >= 15 is 0 Å². The molecule has 0 unspecified atom stereocenters. The molecule has 0 N–H and O–H groups in total. The Kier molecular flexibility index (Phi) is 3.14. The molecule has 0 atom stereocenters. The lowest BCUT2D eigenvalue weighted by molar-refractivity contribution is -0.111. The van der Waals surface area contributed by atoms with Crippen LogP contribution in [-0.2, 0) is 14.6 Å². The van der Waals surface area contributed by atoms with Crippen LogP contribution in [0.5, 0.6) is 0 Å². The molecule has 0 aromatic carbocycles. The largest absolute Gasteiger partial charge is 0.281 e. The Labute approximate surface area is 58.9 Å². The van der Waals surface area contributed by atoms with Crippen molar-refractivity contribution in [2.45, 2.75) is 6.42 Å². The van der Waals surface area contributed by atoms with Crippen molar-refractivity contribution in [3.63, 3.8) is 0 Å². The molecule has 5 heteroatoms. The molecule has 0 spiro atoms. The van der Waals surface area contributed by atoms with Gasteiger partial charge in [0.2, 0.25) is 5.24 Å². The molecule has 0 aromatic rings. The molecular formula is C4H7ClO3S. The minimum Gasteiger partial charge on any atom is -0.281 e. The fraction of sp³-hybridized carbons (Fsp3) is 0.750. The second-order valence-electron chi connectivity index (χ2n) is 1.73. The van der Waals surface area contributed by atoms with E-state index in [0.717, 1.165) is 6.26 Å². The van der Waals surface area contributed by atoms with Crippen LogP contribution in [0.1, 0.15) is 6.42 Å². The van der Waals surface area contributed by atoms with Gasteiger partial charge in [0, 0.05) is 12.7 Å². The average molecular weight is 171 g/mol. The zero-order valence-electron chi connectivity index (χ0n) is 4.93. The van der Waals surface area contributed by atoms with Crippen LogP contribution in [0.15, 0.2) is 0 Å². The van der Waals surface area contributed by atoms with Gasteiger partial charge >= 0.3 is 0 Å². The minimum absolute atomic E-state index is 0.0968. The monoisotopic (exact) mass is 170 g/mol. The van der Waals surface area contributed by atoms with E-state index in [2.05, 4.69) is 0 Å². The maximum Gasteiger partial charge on any atom is 0.222 e. The Balaban J connectivity index is 3.67. The summed E-state index contributed by atoms with van der Waals surface area (Å²) in [5, 5.41) is -0.611. The Bertz CT molecular complexity index is 194. The third-order valence-electron chi connectivity index (χ3n) is 0.669. The molecule has 0 saturated heterocycles. The Hall–Kier alpha value is -0.0900. The summed E-state index contributed by atoms with van der Waals surface area (Å²) >= 11 is 4.88. The van der Waals surface area contributed by atoms with Gasteiger partial charge in [0.05, 0.1) is 5.75 Å². The topological polar surface area (TPSA) is 51.2 Å². The Morgan fingerprint density at radius 1 is 1.56 bits per heavy atom. The van der Waals surface area contributed by atoms with Gasteiger partial charge in [-0.15, -0.1) is 0 Å². The van der Waals surface area contributed by atoms with Crippen molar-refractivity contribution in [1.29, 1.82) is 0 Å². The first-order chi connectivity index (χ1) is 3.92. The lowest BCUT2D eigenvalue weighted by Gasteiger charge is -1.89. The predicted octanol–water partition coefficient (Wildman–Crippen LogP) is 0.187. The van der Waals surface area contributed by atoms with Crippen molar-refractivity contribution in [3.8, 4) is 0 Å². The third-order valence-corrected chi connectivity index (χ3v) is 1.80. The predicted molar refractivity (Wildman–Crippen MR) is 35.2 cm³/mol. The van der Waals surface area contributed by atoms with Crippen LogP contribution in [0.4, 0.5) is 0 Å². The quantitative estimate of drug-likeness (QED) is 0.568. The van der Waals surface area contributed by atoms with E-state index in [1.54, 1.807) is 0 Å². The summed E-state index contributed by atoms with van der Waals surface area (Å²) in [6.45, 7) is 0. The molecule has 0 aromatic heterocycles. The Morgan fingerprint density at radius 2 is 2.00 bits per heavy atom. The number of sulfone groups is 1. The van der Waals surface area contributed by atoms with Gasteiger partial charge in [-0.25, -0.2) is 8.42 Å². The average Bonchev–Trinajstić information content (AvgIpc) is 1.59. The maximum atomic E-state index is 10.3. The first kappa shape index (κ1) is 8.91. The Morgan fingerprint density at radius 3 is 2.11 bits per heavy atom. The van der Waals surface area contributed by atoms with Crippen molar-refractivity contribution >= 4 is 26.7 Å². The van der Waals surface area contributed by atoms with E-state index in [1.165, 1.54) is 0 Å². The van der Waals surface area contributed by atoms with E-state index in [4.69, 9.17) is 11.6 Å². The zero-order valence-corrected chi connectivity index (χ0v) is 6.50. The fourth-order valence-electron chi connectivity index (χ4n) is 0.266. The summed E-state index contributed by atoms with van der Waals surface area (Å²) in [5.41, 5.74) is 0. The lowest BCUT2D eigenvalue weighted by Crippen LogP contribution is -2.05. The second kappa shape index (κ2) is 3.17. The molecule has 54 valence electrons. The standard InChI is InChI=1S/C4H7ClO3S/c1-9(7,8)3-2-4(5)6/h2-3H2,1H3. The fourth-order valence-corrected chi connectivity index (χ4v) is 1.03. The molecule has 0 heterocycles. The molecule has 0 radical (unpaired) electrons. The number of halogens is 1. The van der Waals surface area contributed by atoms with Crippen LogP contribution < -0.4 is 0 Å². The molecule has 0 rings (SSSR count). The maximum absolute atomic E-state index is 10.3. The normalized spacial score (nSPS) is 11.3. The van der Waals surface area contributed by atoms with Gasteiger partial charge in [-0.1, -0.05) is 0 Å². The number of carbonyl (C=O) groups excluding carboxylic acids is 1. The van der Waals surface area contributed by atoms with Gasteiger partial charge in [0.25, 0.3) is 0 Å². The molecule has 3 nitrogen and oxygen atoms in total. The van der Waals surface area contributed by atoms with Crippen molar-refractivity contribution in [3.05, 3.63) is 0 Å². The SMILES string of the molecule is CS(=O)(=O)CCC(=O)Cl. The van der Waals surface area contributed by atoms with E-state index in [-0.39, 0.29) is 12.2 Å². The molecule has 0 fully saturated rings. The summed E-state index contributed by atoms with van der Waals surface area (Å²) < 4.78 is 20.6. The molecule has 0 saturated carbocycles. The van der Waals surface area contributed by atoms with Gasteiger partial charge in [0.15, 0.2) is 0 Å².